The van der Waals surface area contributed by atoms with Gasteiger partial charge in [-0.15, -0.1) is 0 Å². The third-order valence-electron chi connectivity index (χ3n) is 3.24. The van der Waals surface area contributed by atoms with Crippen molar-refractivity contribution in [1.29, 1.82) is 0 Å². The van der Waals surface area contributed by atoms with E-state index in [0.717, 1.165) is 31.2 Å². The maximum absolute atomic E-state index is 10.2. The standard InChI is InChI=1S/C12H16ClNO/c13-10-5-3-4-9(8-10)11(15)12(14)6-1-2-7-12/h3-5,8,11,15H,1-2,6-7,14H2. The number of aliphatic hydroxyl groups is 1. The lowest BCUT2D eigenvalue weighted by molar-refractivity contribution is 0.0872. The van der Waals surface area contributed by atoms with Crippen LogP contribution in [0.1, 0.15) is 37.4 Å². The molecule has 1 unspecified atom stereocenters. The number of benzene rings is 1. The highest BCUT2D eigenvalue weighted by molar-refractivity contribution is 6.30. The van der Waals surface area contributed by atoms with E-state index < -0.39 is 11.6 Å². The largest absolute Gasteiger partial charge is 0.386 e. The maximum atomic E-state index is 10.2. The smallest absolute Gasteiger partial charge is 0.0969 e. The molecule has 0 heterocycles. The van der Waals surface area contributed by atoms with Crippen molar-refractivity contribution in [3.8, 4) is 0 Å². The first-order valence-electron chi connectivity index (χ1n) is 5.34. The highest BCUT2D eigenvalue weighted by Gasteiger charge is 2.37. The minimum absolute atomic E-state index is 0.454. The Labute approximate surface area is 95.1 Å². The molecule has 3 N–H and O–H groups in total. The molecule has 0 aliphatic heterocycles. The Morgan fingerprint density at radius 3 is 2.60 bits per heavy atom. The molecule has 1 aromatic carbocycles. The molecule has 1 saturated carbocycles. The zero-order valence-corrected chi connectivity index (χ0v) is 9.37. The fourth-order valence-corrected chi connectivity index (χ4v) is 2.51. The van der Waals surface area contributed by atoms with Gasteiger partial charge in [0.15, 0.2) is 0 Å². The van der Waals surface area contributed by atoms with Gasteiger partial charge >= 0.3 is 0 Å². The maximum Gasteiger partial charge on any atom is 0.0969 e. The molecule has 1 atom stereocenters. The normalized spacial score (nSPS) is 21.5. The van der Waals surface area contributed by atoms with Crippen molar-refractivity contribution >= 4 is 11.6 Å². The molecular formula is C12H16ClNO. The van der Waals surface area contributed by atoms with Crippen LogP contribution in [0.2, 0.25) is 5.02 Å². The quantitative estimate of drug-likeness (QED) is 0.813. The van der Waals surface area contributed by atoms with Gasteiger partial charge in [0.2, 0.25) is 0 Å². The number of hydrogen-bond acceptors (Lipinski definition) is 2. The van der Waals surface area contributed by atoms with Crippen LogP contribution in [-0.4, -0.2) is 10.6 Å². The van der Waals surface area contributed by atoms with Gasteiger partial charge in [-0.3, -0.25) is 0 Å². The number of nitrogens with two attached hydrogens (primary N) is 1. The van der Waals surface area contributed by atoms with Crippen LogP contribution < -0.4 is 5.73 Å². The molecule has 0 radical (unpaired) electrons. The Kier molecular flexibility index (Phi) is 3.01. The minimum Gasteiger partial charge on any atom is -0.386 e. The Morgan fingerprint density at radius 2 is 2.00 bits per heavy atom. The van der Waals surface area contributed by atoms with E-state index in [1.807, 2.05) is 12.1 Å². The molecule has 1 aromatic rings. The van der Waals surface area contributed by atoms with Gasteiger partial charge in [-0.2, -0.15) is 0 Å². The molecule has 0 aromatic heterocycles. The summed E-state index contributed by atoms with van der Waals surface area (Å²) in [4.78, 5) is 0. The molecule has 15 heavy (non-hydrogen) atoms. The van der Waals surface area contributed by atoms with Crippen molar-refractivity contribution in [3.63, 3.8) is 0 Å². The van der Waals surface area contributed by atoms with E-state index in [-0.39, 0.29) is 0 Å². The molecule has 82 valence electrons. The summed E-state index contributed by atoms with van der Waals surface area (Å²) in [6.07, 6.45) is 3.39. The summed E-state index contributed by atoms with van der Waals surface area (Å²) in [5.41, 5.74) is 6.56. The highest BCUT2D eigenvalue weighted by atomic mass is 35.5. The predicted octanol–water partition coefficient (Wildman–Crippen LogP) is 2.64. The molecule has 2 rings (SSSR count). The van der Waals surface area contributed by atoms with Gasteiger partial charge in [0, 0.05) is 10.6 Å². The molecule has 0 amide bonds. The van der Waals surface area contributed by atoms with E-state index in [0.29, 0.717) is 5.02 Å². The second-order valence-corrected chi connectivity index (χ2v) is 4.83. The summed E-state index contributed by atoms with van der Waals surface area (Å²) in [5, 5.41) is 10.9. The first-order valence-corrected chi connectivity index (χ1v) is 5.72. The Hall–Kier alpha value is -0.570. The van der Waals surface area contributed by atoms with E-state index in [1.54, 1.807) is 12.1 Å². The lowest BCUT2D eigenvalue weighted by atomic mass is 9.87. The van der Waals surface area contributed by atoms with Gasteiger partial charge in [-0.1, -0.05) is 36.6 Å². The summed E-state index contributed by atoms with van der Waals surface area (Å²) in [6.45, 7) is 0. The van der Waals surface area contributed by atoms with Crippen LogP contribution in [-0.2, 0) is 0 Å². The van der Waals surface area contributed by atoms with E-state index in [1.165, 1.54) is 0 Å². The Morgan fingerprint density at radius 1 is 1.33 bits per heavy atom. The lowest BCUT2D eigenvalue weighted by Crippen LogP contribution is -2.42. The summed E-state index contributed by atoms with van der Waals surface area (Å²) in [6, 6.07) is 7.32. The van der Waals surface area contributed by atoms with Crippen molar-refractivity contribution in [2.75, 3.05) is 0 Å². The van der Waals surface area contributed by atoms with Crippen LogP contribution in [0.4, 0.5) is 0 Å². The van der Waals surface area contributed by atoms with Crippen molar-refractivity contribution in [3.05, 3.63) is 34.9 Å². The van der Waals surface area contributed by atoms with Crippen LogP contribution in [0.5, 0.6) is 0 Å². The van der Waals surface area contributed by atoms with Crippen molar-refractivity contribution < 1.29 is 5.11 Å². The second kappa shape index (κ2) is 4.12. The van der Waals surface area contributed by atoms with Crippen molar-refractivity contribution in [2.24, 2.45) is 5.73 Å². The van der Waals surface area contributed by atoms with Crippen molar-refractivity contribution in [1.82, 2.24) is 0 Å². The second-order valence-electron chi connectivity index (χ2n) is 4.40. The summed E-state index contributed by atoms with van der Waals surface area (Å²) in [5.74, 6) is 0. The number of hydrogen-bond donors (Lipinski definition) is 2. The third-order valence-corrected chi connectivity index (χ3v) is 3.48. The zero-order chi connectivity index (χ0) is 10.9. The average Bonchev–Trinajstić information content (AvgIpc) is 2.65. The van der Waals surface area contributed by atoms with Gasteiger partial charge in [-0.25, -0.2) is 0 Å². The van der Waals surface area contributed by atoms with E-state index >= 15 is 0 Å². The Bertz CT molecular complexity index is 347. The molecule has 1 fully saturated rings. The van der Waals surface area contributed by atoms with Gasteiger partial charge in [-0.05, 0) is 30.5 Å². The number of halogens is 1. The fourth-order valence-electron chi connectivity index (χ4n) is 2.32. The predicted molar refractivity (Wildman–Crippen MR) is 61.8 cm³/mol. The summed E-state index contributed by atoms with van der Waals surface area (Å²) in [7, 11) is 0. The van der Waals surface area contributed by atoms with Gasteiger partial charge in [0.25, 0.3) is 0 Å². The molecule has 1 aliphatic rings. The molecule has 0 saturated heterocycles. The van der Waals surface area contributed by atoms with Crippen LogP contribution in [0, 0.1) is 0 Å². The number of aliphatic hydroxyl groups excluding tert-OH is 1. The fraction of sp³-hybridized carbons (Fsp3) is 0.500. The van der Waals surface area contributed by atoms with E-state index in [2.05, 4.69) is 0 Å². The first kappa shape index (κ1) is 10.9. The Balaban J connectivity index is 2.23. The van der Waals surface area contributed by atoms with E-state index in [9.17, 15) is 5.11 Å². The van der Waals surface area contributed by atoms with Gasteiger partial charge < -0.3 is 10.8 Å². The lowest BCUT2D eigenvalue weighted by Gasteiger charge is -2.30. The molecular weight excluding hydrogens is 210 g/mol. The third kappa shape index (κ3) is 2.17. The SMILES string of the molecule is NC1(C(O)c2cccc(Cl)c2)CCCC1. The van der Waals surface area contributed by atoms with Crippen LogP contribution in [0.3, 0.4) is 0 Å². The molecule has 3 heteroatoms. The van der Waals surface area contributed by atoms with E-state index in [4.69, 9.17) is 17.3 Å². The van der Waals surface area contributed by atoms with Crippen LogP contribution in [0.25, 0.3) is 0 Å². The molecule has 0 bridgehead atoms. The van der Waals surface area contributed by atoms with Gasteiger partial charge in [0.05, 0.1) is 6.10 Å². The topological polar surface area (TPSA) is 46.2 Å². The van der Waals surface area contributed by atoms with Gasteiger partial charge in [0.1, 0.15) is 0 Å². The first-order chi connectivity index (χ1) is 7.12. The summed E-state index contributed by atoms with van der Waals surface area (Å²) >= 11 is 5.89. The van der Waals surface area contributed by atoms with Crippen LogP contribution >= 0.6 is 11.6 Å². The molecule has 0 spiro atoms. The van der Waals surface area contributed by atoms with Crippen LogP contribution in [0.15, 0.2) is 24.3 Å². The number of rotatable bonds is 2. The average molecular weight is 226 g/mol. The summed E-state index contributed by atoms with van der Waals surface area (Å²) < 4.78 is 0. The minimum atomic E-state index is -0.598. The monoisotopic (exact) mass is 225 g/mol. The molecule has 1 aliphatic carbocycles. The van der Waals surface area contributed by atoms with Crippen molar-refractivity contribution in [2.45, 2.75) is 37.3 Å². The highest BCUT2D eigenvalue weighted by Crippen LogP contribution is 2.38. The zero-order valence-electron chi connectivity index (χ0n) is 8.62. The molecule has 2 nitrogen and oxygen atoms in total.